The molecule has 106 valence electrons. The van der Waals surface area contributed by atoms with Crippen LogP contribution >= 0.6 is 0 Å². The second kappa shape index (κ2) is 7.79. The normalized spacial score (nSPS) is 10.6. The second-order valence-electron chi connectivity index (χ2n) is 5.01. The molecule has 0 heterocycles. The van der Waals surface area contributed by atoms with E-state index >= 15 is 0 Å². The van der Waals surface area contributed by atoms with Crippen LogP contribution in [0.5, 0.6) is 5.75 Å². The highest BCUT2D eigenvalue weighted by Crippen LogP contribution is 2.10. The highest BCUT2D eigenvalue weighted by Gasteiger charge is 2.08. The summed E-state index contributed by atoms with van der Waals surface area (Å²) in [5.74, 6) is 0.924. The lowest BCUT2D eigenvalue weighted by Crippen LogP contribution is -2.39. The number of benzene rings is 1. The van der Waals surface area contributed by atoms with Gasteiger partial charge in [-0.2, -0.15) is 0 Å². The van der Waals surface area contributed by atoms with Crippen LogP contribution in [0.4, 0.5) is 0 Å². The van der Waals surface area contributed by atoms with Crippen LogP contribution in [0.15, 0.2) is 24.3 Å². The minimum atomic E-state index is 0.0845. The van der Waals surface area contributed by atoms with Crippen LogP contribution in [-0.4, -0.2) is 43.6 Å². The maximum absolute atomic E-state index is 11.7. The smallest absolute Gasteiger partial charge is 0.236 e. The molecule has 1 amide bonds. The molecule has 1 aromatic carbocycles. The molecule has 0 bridgehead atoms. The van der Waals surface area contributed by atoms with Crippen molar-refractivity contribution in [1.82, 2.24) is 10.2 Å². The Bertz CT molecular complexity index is 388. The maximum atomic E-state index is 11.7. The Hall–Kier alpha value is -1.55. The summed E-state index contributed by atoms with van der Waals surface area (Å²) >= 11 is 0. The van der Waals surface area contributed by atoms with Gasteiger partial charge < -0.3 is 15.0 Å². The van der Waals surface area contributed by atoms with Gasteiger partial charge in [-0.3, -0.25) is 4.79 Å². The lowest BCUT2D eigenvalue weighted by atomic mass is 10.2. The van der Waals surface area contributed by atoms with Crippen LogP contribution in [0.3, 0.4) is 0 Å². The van der Waals surface area contributed by atoms with E-state index in [1.54, 1.807) is 11.9 Å². The van der Waals surface area contributed by atoms with Crippen molar-refractivity contribution in [2.45, 2.75) is 26.8 Å². The minimum absolute atomic E-state index is 0.0845. The third kappa shape index (κ3) is 6.25. The molecule has 0 saturated carbocycles. The number of carbonyl (C=O) groups excluding carboxylic acids is 1. The molecule has 19 heavy (non-hydrogen) atoms. The highest BCUT2D eigenvalue weighted by molar-refractivity contribution is 5.77. The van der Waals surface area contributed by atoms with Crippen molar-refractivity contribution in [3.63, 3.8) is 0 Å². The van der Waals surface area contributed by atoms with Gasteiger partial charge >= 0.3 is 0 Å². The van der Waals surface area contributed by atoms with E-state index in [1.165, 1.54) is 5.56 Å². The van der Waals surface area contributed by atoms with E-state index in [0.29, 0.717) is 25.7 Å². The second-order valence-corrected chi connectivity index (χ2v) is 5.01. The van der Waals surface area contributed by atoms with Crippen molar-refractivity contribution in [3.05, 3.63) is 29.8 Å². The van der Waals surface area contributed by atoms with Gasteiger partial charge in [-0.1, -0.05) is 31.5 Å². The predicted octanol–water partition coefficient (Wildman–Crippen LogP) is 1.83. The molecule has 4 nitrogen and oxygen atoms in total. The summed E-state index contributed by atoms with van der Waals surface area (Å²) in [6, 6.07) is 8.23. The Morgan fingerprint density at radius 3 is 2.53 bits per heavy atom. The van der Waals surface area contributed by atoms with E-state index in [-0.39, 0.29) is 5.91 Å². The molecule has 0 atom stereocenters. The van der Waals surface area contributed by atoms with Gasteiger partial charge in [0.1, 0.15) is 12.4 Å². The molecule has 0 radical (unpaired) electrons. The SMILES string of the molecule is Cc1ccc(OCCN(C)C(=O)CNC(C)C)cc1. The number of nitrogens with zero attached hydrogens (tertiary/aromatic N) is 1. The fraction of sp³-hybridized carbons (Fsp3) is 0.533. The summed E-state index contributed by atoms with van der Waals surface area (Å²) < 4.78 is 5.59. The Kier molecular flexibility index (Phi) is 6.36. The molecule has 0 fully saturated rings. The number of likely N-dealkylation sites (N-methyl/N-ethyl adjacent to an activating group) is 1. The summed E-state index contributed by atoms with van der Waals surface area (Å²) in [6.07, 6.45) is 0. The number of hydrogen-bond acceptors (Lipinski definition) is 3. The third-order valence-electron chi connectivity index (χ3n) is 2.80. The van der Waals surface area contributed by atoms with Crippen molar-refractivity contribution in [1.29, 1.82) is 0 Å². The van der Waals surface area contributed by atoms with Crippen LogP contribution in [0.25, 0.3) is 0 Å². The average Bonchev–Trinajstić information content (AvgIpc) is 2.38. The number of rotatable bonds is 7. The van der Waals surface area contributed by atoms with E-state index in [4.69, 9.17) is 4.74 Å². The first-order chi connectivity index (χ1) is 8.99. The zero-order chi connectivity index (χ0) is 14.3. The van der Waals surface area contributed by atoms with Gasteiger partial charge in [-0.25, -0.2) is 0 Å². The molecule has 1 rings (SSSR count). The lowest BCUT2D eigenvalue weighted by molar-refractivity contribution is -0.129. The molecule has 0 unspecified atom stereocenters. The topological polar surface area (TPSA) is 41.6 Å². The summed E-state index contributed by atoms with van der Waals surface area (Å²) in [4.78, 5) is 13.4. The summed E-state index contributed by atoms with van der Waals surface area (Å²) in [5, 5.41) is 3.11. The van der Waals surface area contributed by atoms with Crippen molar-refractivity contribution in [2.24, 2.45) is 0 Å². The molecule has 0 spiro atoms. The standard InChI is InChI=1S/C15H24N2O2/c1-12(2)16-11-15(18)17(4)9-10-19-14-7-5-13(3)6-8-14/h5-8,12,16H,9-11H2,1-4H3. The fourth-order valence-corrected chi connectivity index (χ4v) is 1.49. The average molecular weight is 264 g/mol. The van der Waals surface area contributed by atoms with Gasteiger partial charge in [0.05, 0.1) is 13.1 Å². The summed E-state index contributed by atoms with van der Waals surface area (Å²) in [5.41, 5.74) is 1.21. The maximum Gasteiger partial charge on any atom is 0.236 e. The molecule has 1 N–H and O–H groups in total. The van der Waals surface area contributed by atoms with E-state index < -0.39 is 0 Å². The van der Waals surface area contributed by atoms with Gasteiger partial charge in [0.15, 0.2) is 0 Å². The van der Waals surface area contributed by atoms with Gasteiger partial charge in [-0.05, 0) is 19.1 Å². The quantitative estimate of drug-likeness (QED) is 0.817. The van der Waals surface area contributed by atoms with E-state index in [2.05, 4.69) is 5.32 Å². The fourth-order valence-electron chi connectivity index (χ4n) is 1.49. The van der Waals surface area contributed by atoms with E-state index in [9.17, 15) is 4.79 Å². The zero-order valence-corrected chi connectivity index (χ0v) is 12.3. The number of hydrogen-bond donors (Lipinski definition) is 1. The molecule has 4 heteroatoms. The van der Waals surface area contributed by atoms with Crippen LogP contribution in [-0.2, 0) is 4.79 Å². The summed E-state index contributed by atoms with van der Waals surface area (Å²) in [6.45, 7) is 7.55. The van der Waals surface area contributed by atoms with E-state index in [0.717, 1.165) is 5.75 Å². The minimum Gasteiger partial charge on any atom is -0.492 e. The first-order valence-corrected chi connectivity index (χ1v) is 6.66. The number of ether oxygens (including phenoxy) is 1. The molecular weight excluding hydrogens is 240 g/mol. The van der Waals surface area contributed by atoms with Crippen LogP contribution in [0, 0.1) is 6.92 Å². The predicted molar refractivity (Wildman–Crippen MR) is 77.4 cm³/mol. The van der Waals surface area contributed by atoms with Crippen LogP contribution in [0.1, 0.15) is 19.4 Å². The zero-order valence-electron chi connectivity index (χ0n) is 12.3. The lowest BCUT2D eigenvalue weighted by Gasteiger charge is -2.18. The third-order valence-corrected chi connectivity index (χ3v) is 2.80. The first-order valence-electron chi connectivity index (χ1n) is 6.66. The Morgan fingerprint density at radius 2 is 1.95 bits per heavy atom. The highest BCUT2D eigenvalue weighted by atomic mass is 16.5. The molecule has 0 aliphatic rings. The molecule has 1 aromatic rings. The summed E-state index contributed by atoms with van der Waals surface area (Å²) in [7, 11) is 1.79. The van der Waals surface area contributed by atoms with Gasteiger partial charge in [0.2, 0.25) is 5.91 Å². The van der Waals surface area contributed by atoms with E-state index in [1.807, 2.05) is 45.0 Å². The number of amides is 1. The molecular formula is C15H24N2O2. The van der Waals surface area contributed by atoms with Gasteiger partial charge in [0, 0.05) is 13.1 Å². The molecule has 0 saturated heterocycles. The molecule has 0 aromatic heterocycles. The van der Waals surface area contributed by atoms with Crippen molar-refractivity contribution in [2.75, 3.05) is 26.7 Å². The monoisotopic (exact) mass is 264 g/mol. The van der Waals surface area contributed by atoms with Gasteiger partial charge in [-0.15, -0.1) is 0 Å². The molecule has 0 aliphatic heterocycles. The van der Waals surface area contributed by atoms with Crippen molar-refractivity contribution < 1.29 is 9.53 Å². The molecule has 0 aliphatic carbocycles. The Labute approximate surface area is 115 Å². The van der Waals surface area contributed by atoms with Crippen molar-refractivity contribution >= 4 is 5.91 Å². The Balaban J connectivity index is 2.24. The van der Waals surface area contributed by atoms with Crippen LogP contribution in [0.2, 0.25) is 0 Å². The van der Waals surface area contributed by atoms with Crippen LogP contribution < -0.4 is 10.1 Å². The number of aryl methyl sites for hydroxylation is 1. The van der Waals surface area contributed by atoms with Gasteiger partial charge in [0.25, 0.3) is 0 Å². The number of nitrogens with one attached hydrogen (secondary N) is 1. The number of carbonyl (C=O) groups is 1. The first kappa shape index (κ1) is 15.5. The Morgan fingerprint density at radius 1 is 1.32 bits per heavy atom. The van der Waals surface area contributed by atoms with Crippen molar-refractivity contribution in [3.8, 4) is 5.75 Å². The largest absolute Gasteiger partial charge is 0.492 e.